The summed E-state index contributed by atoms with van der Waals surface area (Å²) in [4.78, 5) is 11.9. The minimum atomic E-state index is -0.556. The standard InChI is InChI=1S/C17H27NO3/c1-6-15(17(19)20-8-3)21-16-11-12(4)9-10-14(16)13(5)18-7-2/h9-11,13,15,18H,6-8H2,1-5H3. The van der Waals surface area contributed by atoms with Gasteiger partial charge in [-0.2, -0.15) is 0 Å². The van der Waals surface area contributed by atoms with Crippen molar-refractivity contribution >= 4 is 5.97 Å². The molecule has 0 aliphatic heterocycles. The Hall–Kier alpha value is -1.55. The van der Waals surface area contributed by atoms with Gasteiger partial charge in [-0.25, -0.2) is 4.79 Å². The summed E-state index contributed by atoms with van der Waals surface area (Å²) in [5.74, 6) is 0.451. The van der Waals surface area contributed by atoms with Gasteiger partial charge in [0.2, 0.25) is 0 Å². The Balaban J connectivity index is 2.98. The minimum absolute atomic E-state index is 0.172. The topological polar surface area (TPSA) is 47.6 Å². The first-order chi connectivity index (χ1) is 10.0. The molecule has 0 fully saturated rings. The molecule has 118 valence electrons. The lowest BCUT2D eigenvalue weighted by Crippen LogP contribution is -2.29. The van der Waals surface area contributed by atoms with E-state index in [4.69, 9.17) is 9.47 Å². The van der Waals surface area contributed by atoms with Crippen LogP contribution in [0.1, 0.15) is 51.3 Å². The molecule has 1 aromatic carbocycles. The number of hydrogen-bond acceptors (Lipinski definition) is 4. The van der Waals surface area contributed by atoms with Crippen LogP contribution in [0.4, 0.5) is 0 Å². The molecule has 21 heavy (non-hydrogen) atoms. The fourth-order valence-electron chi connectivity index (χ4n) is 2.20. The van der Waals surface area contributed by atoms with Gasteiger partial charge in [0.05, 0.1) is 6.61 Å². The molecule has 2 unspecified atom stereocenters. The molecule has 0 heterocycles. The van der Waals surface area contributed by atoms with Crippen LogP contribution < -0.4 is 10.1 Å². The average molecular weight is 293 g/mol. The third-order valence-corrected chi connectivity index (χ3v) is 3.34. The predicted octanol–water partition coefficient (Wildman–Crippen LogP) is 3.39. The van der Waals surface area contributed by atoms with E-state index in [9.17, 15) is 4.79 Å². The van der Waals surface area contributed by atoms with E-state index < -0.39 is 6.10 Å². The lowest BCUT2D eigenvalue weighted by molar-refractivity contribution is -0.151. The van der Waals surface area contributed by atoms with E-state index in [1.54, 1.807) is 6.92 Å². The van der Waals surface area contributed by atoms with Crippen molar-refractivity contribution < 1.29 is 14.3 Å². The van der Waals surface area contributed by atoms with Crippen molar-refractivity contribution in [2.45, 2.75) is 53.2 Å². The first-order valence-electron chi connectivity index (χ1n) is 7.70. The summed E-state index contributed by atoms with van der Waals surface area (Å²) in [5, 5.41) is 3.37. The van der Waals surface area contributed by atoms with Crippen molar-refractivity contribution in [2.24, 2.45) is 0 Å². The molecule has 0 aromatic heterocycles. The van der Waals surface area contributed by atoms with Crippen LogP contribution >= 0.6 is 0 Å². The number of carbonyl (C=O) groups is 1. The van der Waals surface area contributed by atoms with E-state index in [1.165, 1.54) is 0 Å². The summed E-state index contributed by atoms with van der Waals surface area (Å²) in [6.45, 7) is 11.1. The predicted molar refractivity (Wildman–Crippen MR) is 84.6 cm³/mol. The van der Waals surface area contributed by atoms with Gasteiger partial charge in [-0.15, -0.1) is 0 Å². The summed E-state index contributed by atoms with van der Waals surface area (Å²) in [5.41, 5.74) is 2.17. The quantitative estimate of drug-likeness (QED) is 0.746. The van der Waals surface area contributed by atoms with E-state index in [1.807, 2.05) is 19.9 Å². The van der Waals surface area contributed by atoms with Crippen LogP contribution in [0, 0.1) is 6.92 Å². The molecule has 0 saturated carbocycles. The largest absolute Gasteiger partial charge is 0.478 e. The molecular weight excluding hydrogens is 266 g/mol. The van der Waals surface area contributed by atoms with E-state index in [2.05, 4.69) is 31.3 Å². The molecular formula is C17H27NO3. The second-order valence-electron chi connectivity index (χ2n) is 5.09. The summed E-state index contributed by atoms with van der Waals surface area (Å²) < 4.78 is 11.0. The zero-order valence-electron chi connectivity index (χ0n) is 13.7. The SMILES string of the molecule is CCNC(C)c1ccc(C)cc1OC(CC)C(=O)OCC. The second kappa shape index (κ2) is 8.67. The fraction of sp³-hybridized carbons (Fsp3) is 0.588. The normalized spacial score (nSPS) is 13.6. The first-order valence-corrected chi connectivity index (χ1v) is 7.70. The highest BCUT2D eigenvalue weighted by Gasteiger charge is 2.22. The van der Waals surface area contributed by atoms with Gasteiger partial charge < -0.3 is 14.8 Å². The van der Waals surface area contributed by atoms with E-state index in [0.29, 0.717) is 13.0 Å². The van der Waals surface area contributed by atoms with Crippen molar-refractivity contribution in [1.82, 2.24) is 5.32 Å². The highest BCUT2D eigenvalue weighted by Crippen LogP contribution is 2.28. The van der Waals surface area contributed by atoms with Crippen LogP contribution in [0.15, 0.2) is 18.2 Å². The molecule has 4 heteroatoms. The van der Waals surface area contributed by atoms with Crippen LogP contribution in [0.5, 0.6) is 5.75 Å². The monoisotopic (exact) mass is 293 g/mol. The molecule has 1 rings (SSSR count). The molecule has 2 atom stereocenters. The summed E-state index contributed by atoms with van der Waals surface area (Å²) in [6, 6.07) is 6.26. The Bertz CT molecular complexity index is 459. The van der Waals surface area contributed by atoms with Crippen molar-refractivity contribution in [2.75, 3.05) is 13.2 Å². The Morgan fingerprint density at radius 2 is 2.00 bits per heavy atom. The average Bonchev–Trinajstić information content (AvgIpc) is 2.45. The van der Waals surface area contributed by atoms with Crippen molar-refractivity contribution in [3.63, 3.8) is 0 Å². The van der Waals surface area contributed by atoms with Gasteiger partial charge in [-0.05, 0) is 45.4 Å². The van der Waals surface area contributed by atoms with Crippen LogP contribution in [-0.2, 0) is 9.53 Å². The zero-order chi connectivity index (χ0) is 15.8. The number of aryl methyl sites for hydroxylation is 1. The van der Waals surface area contributed by atoms with Crippen LogP contribution in [0.25, 0.3) is 0 Å². The summed E-state index contributed by atoms with van der Waals surface area (Å²) in [7, 11) is 0. The van der Waals surface area contributed by atoms with Crippen molar-refractivity contribution in [1.29, 1.82) is 0 Å². The van der Waals surface area contributed by atoms with Crippen LogP contribution in [-0.4, -0.2) is 25.2 Å². The lowest BCUT2D eigenvalue weighted by Gasteiger charge is -2.22. The molecule has 1 aromatic rings. The third-order valence-electron chi connectivity index (χ3n) is 3.34. The number of benzene rings is 1. The summed E-state index contributed by atoms with van der Waals surface area (Å²) in [6.07, 6.45) is 0.0289. The van der Waals surface area contributed by atoms with Gasteiger partial charge in [0.15, 0.2) is 6.10 Å². The van der Waals surface area contributed by atoms with E-state index >= 15 is 0 Å². The van der Waals surface area contributed by atoms with Crippen LogP contribution in [0.2, 0.25) is 0 Å². The highest BCUT2D eigenvalue weighted by molar-refractivity contribution is 5.75. The van der Waals surface area contributed by atoms with Crippen molar-refractivity contribution in [3.05, 3.63) is 29.3 Å². The molecule has 1 N–H and O–H groups in total. The molecule has 4 nitrogen and oxygen atoms in total. The number of carbonyl (C=O) groups excluding carboxylic acids is 1. The van der Waals surface area contributed by atoms with Crippen molar-refractivity contribution in [3.8, 4) is 5.75 Å². The Kier molecular flexibility index (Phi) is 7.23. The number of nitrogens with one attached hydrogen (secondary N) is 1. The lowest BCUT2D eigenvalue weighted by atomic mass is 10.0. The molecule has 0 amide bonds. The maximum absolute atomic E-state index is 11.9. The number of hydrogen-bond donors (Lipinski definition) is 1. The molecule has 0 aliphatic carbocycles. The van der Waals surface area contributed by atoms with Gasteiger partial charge in [0.1, 0.15) is 5.75 Å². The van der Waals surface area contributed by atoms with Gasteiger partial charge in [0.25, 0.3) is 0 Å². The van der Waals surface area contributed by atoms with Gasteiger partial charge in [-0.1, -0.05) is 26.0 Å². The molecule has 0 radical (unpaired) electrons. The zero-order valence-corrected chi connectivity index (χ0v) is 13.7. The Morgan fingerprint density at radius 3 is 2.57 bits per heavy atom. The number of rotatable bonds is 8. The maximum atomic E-state index is 11.9. The molecule has 0 aliphatic rings. The second-order valence-corrected chi connectivity index (χ2v) is 5.09. The number of ether oxygens (including phenoxy) is 2. The molecule has 0 bridgehead atoms. The summed E-state index contributed by atoms with van der Waals surface area (Å²) >= 11 is 0. The smallest absolute Gasteiger partial charge is 0.347 e. The highest BCUT2D eigenvalue weighted by atomic mass is 16.6. The number of esters is 1. The van der Waals surface area contributed by atoms with E-state index in [-0.39, 0.29) is 12.0 Å². The fourth-order valence-corrected chi connectivity index (χ4v) is 2.20. The van der Waals surface area contributed by atoms with Crippen LogP contribution in [0.3, 0.4) is 0 Å². The van der Waals surface area contributed by atoms with Gasteiger partial charge >= 0.3 is 5.97 Å². The molecule has 0 saturated heterocycles. The van der Waals surface area contributed by atoms with Gasteiger partial charge in [0, 0.05) is 11.6 Å². The minimum Gasteiger partial charge on any atom is -0.478 e. The van der Waals surface area contributed by atoms with Gasteiger partial charge in [-0.3, -0.25) is 0 Å². The van der Waals surface area contributed by atoms with E-state index in [0.717, 1.165) is 23.4 Å². The first kappa shape index (κ1) is 17.5. The Morgan fingerprint density at radius 1 is 1.29 bits per heavy atom. The Labute approximate surface area is 127 Å². The maximum Gasteiger partial charge on any atom is 0.347 e. The third kappa shape index (κ3) is 5.05. The molecule has 0 spiro atoms.